The van der Waals surface area contributed by atoms with Gasteiger partial charge in [-0.1, -0.05) is 0 Å². The maximum Gasteiger partial charge on any atom is 0.154 e. The molecule has 11 heavy (non-hydrogen) atoms. The average Bonchev–Trinajstić information content (AvgIpc) is 2.84. The molecule has 0 amide bonds. The van der Waals surface area contributed by atoms with E-state index in [2.05, 4.69) is 36.4 Å². The molecule has 0 aromatic heterocycles. The van der Waals surface area contributed by atoms with Crippen LogP contribution in [-0.4, -0.2) is 31.2 Å². The molecule has 60 valence electrons. The van der Waals surface area contributed by atoms with Crippen molar-refractivity contribution < 1.29 is 4.18 Å². The summed E-state index contributed by atoms with van der Waals surface area (Å²) in [6.45, 7) is 0. The molecule has 4 rings (SSSR count). The Bertz CT molecular complexity index is 237. The van der Waals surface area contributed by atoms with Crippen molar-refractivity contribution in [3.8, 4) is 0 Å². The van der Waals surface area contributed by atoms with Crippen molar-refractivity contribution in [2.45, 2.75) is 31.2 Å². The van der Waals surface area contributed by atoms with Gasteiger partial charge in [0.2, 0.25) is 0 Å². The second-order valence-electron chi connectivity index (χ2n) is 3.44. The first kappa shape index (κ1) is 6.76. The van der Waals surface area contributed by atoms with Crippen LogP contribution < -0.4 is 0 Å². The lowest BCUT2D eigenvalue weighted by molar-refractivity contribution is 0.237. The van der Waals surface area contributed by atoms with Gasteiger partial charge in [0.05, 0.1) is 10.5 Å². The highest BCUT2D eigenvalue weighted by Crippen LogP contribution is 2.81. The Labute approximate surface area is 83.4 Å². The highest BCUT2D eigenvalue weighted by molar-refractivity contribution is 8.18. The van der Waals surface area contributed by atoms with Gasteiger partial charge in [-0.15, -0.1) is 23.5 Å². The van der Waals surface area contributed by atoms with Crippen LogP contribution in [0.4, 0.5) is 0 Å². The van der Waals surface area contributed by atoms with E-state index in [9.17, 15) is 0 Å². The number of thioether (sulfide) groups is 3. The Morgan fingerprint density at radius 1 is 1.09 bits per heavy atom. The van der Waals surface area contributed by atoms with Gasteiger partial charge in [0, 0.05) is 15.7 Å². The molecule has 6 unspecified atom stereocenters. The van der Waals surface area contributed by atoms with Gasteiger partial charge in [0.15, 0.2) is 4.93 Å². The zero-order valence-electron chi connectivity index (χ0n) is 5.47. The predicted molar refractivity (Wildman–Crippen MR) is 54.5 cm³/mol. The maximum absolute atomic E-state index is 5.33. The third kappa shape index (κ3) is 0.642. The van der Waals surface area contributed by atoms with Crippen LogP contribution in [0, 0.1) is 0 Å². The fourth-order valence-corrected chi connectivity index (χ4v) is 8.17. The first-order valence-electron chi connectivity index (χ1n) is 3.68. The van der Waals surface area contributed by atoms with Crippen LogP contribution >= 0.6 is 48.2 Å². The third-order valence-corrected chi connectivity index (χ3v) is 8.39. The summed E-state index contributed by atoms with van der Waals surface area (Å²) in [5, 5.41) is 4.39. The van der Waals surface area contributed by atoms with Gasteiger partial charge < -0.3 is 0 Å². The summed E-state index contributed by atoms with van der Waals surface area (Å²) in [5.74, 6) is 0. The van der Waals surface area contributed by atoms with Gasteiger partial charge in [0.25, 0.3) is 0 Å². The van der Waals surface area contributed by atoms with E-state index in [0.717, 1.165) is 26.2 Å². The van der Waals surface area contributed by atoms with E-state index in [4.69, 9.17) is 4.18 Å². The molecule has 3 saturated heterocycles. The van der Waals surface area contributed by atoms with Crippen molar-refractivity contribution in [1.82, 2.24) is 0 Å². The number of thiol groups is 1. The van der Waals surface area contributed by atoms with Crippen molar-refractivity contribution in [1.29, 1.82) is 0 Å². The van der Waals surface area contributed by atoms with Gasteiger partial charge in [-0.3, -0.25) is 4.18 Å². The van der Waals surface area contributed by atoms with E-state index in [1.807, 2.05) is 11.8 Å². The smallest absolute Gasteiger partial charge is 0.154 e. The van der Waals surface area contributed by atoms with Gasteiger partial charge in [-0.25, -0.2) is 0 Å². The minimum absolute atomic E-state index is 0.156. The van der Waals surface area contributed by atoms with Gasteiger partial charge >= 0.3 is 0 Å². The first-order chi connectivity index (χ1) is 5.37. The van der Waals surface area contributed by atoms with E-state index in [0.29, 0.717) is 0 Å². The lowest BCUT2D eigenvalue weighted by Crippen LogP contribution is -2.32. The van der Waals surface area contributed by atoms with Gasteiger partial charge in [-0.2, -0.15) is 11.8 Å². The Hall–Kier alpha value is 1.36. The van der Waals surface area contributed by atoms with Gasteiger partial charge in [0.1, 0.15) is 0 Å². The molecule has 6 atom stereocenters. The molecule has 1 nitrogen and oxygen atoms in total. The fourth-order valence-electron chi connectivity index (χ4n) is 2.16. The molecular weight excluding hydrogens is 216 g/mol. The second kappa shape index (κ2) is 1.75. The highest BCUT2D eigenvalue weighted by Gasteiger charge is 2.83. The van der Waals surface area contributed by atoms with Crippen LogP contribution in [-0.2, 0) is 4.18 Å². The van der Waals surface area contributed by atoms with Crippen LogP contribution in [0.3, 0.4) is 0 Å². The summed E-state index contributed by atoms with van der Waals surface area (Å²) in [6, 6.07) is 0. The van der Waals surface area contributed by atoms with Crippen molar-refractivity contribution in [3.05, 3.63) is 0 Å². The monoisotopic (exact) mass is 222 g/mol. The predicted octanol–water partition coefficient (Wildman–Crippen LogP) is 1.64. The molecule has 0 bridgehead atoms. The minimum Gasteiger partial charge on any atom is -0.299 e. The molecule has 0 radical (unpaired) electrons. The summed E-state index contributed by atoms with van der Waals surface area (Å²) in [4.78, 5) is 0.156. The quantitative estimate of drug-likeness (QED) is 0.410. The summed E-state index contributed by atoms with van der Waals surface area (Å²) in [7, 11) is 0. The van der Waals surface area contributed by atoms with E-state index >= 15 is 0 Å². The molecule has 3 aliphatic heterocycles. The largest absolute Gasteiger partial charge is 0.299 e. The van der Waals surface area contributed by atoms with Crippen LogP contribution in [0.25, 0.3) is 0 Å². The summed E-state index contributed by atoms with van der Waals surface area (Å²) >= 11 is 10.3. The molecule has 3 heterocycles. The minimum atomic E-state index is 0.156. The number of hydrogen-bond donors (Lipinski definition) is 1. The SMILES string of the molecule is SOC12SC1C1SC1C1SC12. The van der Waals surface area contributed by atoms with Crippen LogP contribution in [0.15, 0.2) is 0 Å². The van der Waals surface area contributed by atoms with Crippen molar-refractivity contribution in [2.75, 3.05) is 0 Å². The van der Waals surface area contributed by atoms with Crippen LogP contribution in [0.1, 0.15) is 0 Å². The number of rotatable bonds is 1. The Morgan fingerprint density at radius 3 is 2.73 bits per heavy atom. The Kier molecular flexibility index (Phi) is 1.08. The molecule has 4 fully saturated rings. The van der Waals surface area contributed by atoms with E-state index < -0.39 is 0 Å². The van der Waals surface area contributed by atoms with Crippen molar-refractivity contribution >= 4 is 48.2 Å². The summed E-state index contributed by atoms with van der Waals surface area (Å²) in [5.41, 5.74) is 0. The molecule has 1 aliphatic carbocycles. The number of fused-ring (bicyclic) bond motifs is 6. The molecule has 0 spiro atoms. The molecule has 5 heteroatoms. The Morgan fingerprint density at radius 2 is 1.91 bits per heavy atom. The molecule has 0 N–H and O–H groups in total. The zero-order chi connectivity index (χ0) is 7.22. The average molecular weight is 222 g/mol. The van der Waals surface area contributed by atoms with E-state index in [-0.39, 0.29) is 4.93 Å². The lowest BCUT2D eigenvalue weighted by Gasteiger charge is -2.12. The molecule has 4 aliphatic rings. The normalized spacial score (nSPS) is 74.5. The number of hydrogen-bond acceptors (Lipinski definition) is 5. The van der Waals surface area contributed by atoms with Crippen molar-refractivity contribution in [3.63, 3.8) is 0 Å². The van der Waals surface area contributed by atoms with E-state index in [1.54, 1.807) is 0 Å². The molecule has 1 saturated carbocycles. The maximum atomic E-state index is 5.33. The fraction of sp³-hybridized carbons (Fsp3) is 1.00. The van der Waals surface area contributed by atoms with Crippen LogP contribution in [0.5, 0.6) is 0 Å². The zero-order valence-corrected chi connectivity index (χ0v) is 8.81. The standard InChI is InChI=1S/C6H6OS4/c8-7-6-4-2(10-4)1-3(9-1)5(6)11-6/h1-5,8H. The highest BCUT2D eigenvalue weighted by atomic mass is 32.2. The third-order valence-electron chi connectivity index (χ3n) is 2.90. The van der Waals surface area contributed by atoms with Gasteiger partial charge in [-0.05, 0) is 12.9 Å². The molecule has 0 aromatic carbocycles. The second-order valence-corrected chi connectivity index (χ2v) is 7.69. The Balaban J connectivity index is 1.77. The summed E-state index contributed by atoms with van der Waals surface area (Å²) < 4.78 is 5.33. The van der Waals surface area contributed by atoms with Crippen LogP contribution in [0.2, 0.25) is 0 Å². The first-order valence-corrected chi connectivity index (χ1v) is 6.81. The van der Waals surface area contributed by atoms with Crippen molar-refractivity contribution in [2.24, 2.45) is 0 Å². The lowest BCUT2D eigenvalue weighted by atomic mass is 9.98. The molecule has 0 aromatic rings. The van der Waals surface area contributed by atoms with E-state index in [1.165, 1.54) is 0 Å². The topological polar surface area (TPSA) is 9.23 Å². The summed E-state index contributed by atoms with van der Waals surface area (Å²) in [6.07, 6.45) is 0. The molecular formula is C6H6OS4.